The van der Waals surface area contributed by atoms with Gasteiger partial charge in [0.05, 0.1) is 11.0 Å². The van der Waals surface area contributed by atoms with E-state index in [9.17, 15) is 4.39 Å². The van der Waals surface area contributed by atoms with Crippen LogP contribution in [0.25, 0.3) is 11.0 Å². The predicted octanol–water partition coefficient (Wildman–Crippen LogP) is 4.54. The summed E-state index contributed by atoms with van der Waals surface area (Å²) < 4.78 is 15.6. The van der Waals surface area contributed by atoms with Crippen LogP contribution in [0.1, 0.15) is 38.4 Å². The minimum Gasteiger partial charge on any atom is -0.327 e. The normalized spacial score (nSPS) is 17.9. The Morgan fingerprint density at radius 3 is 2.80 bits per heavy atom. The molecule has 0 bridgehead atoms. The first kappa shape index (κ1) is 13.9. The topological polar surface area (TPSA) is 17.8 Å². The van der Waals surface area contributed by atoms with E-state index in [0.717, 1.165) is 29.8 Å². The molecular weight excluding hydrogens is 275 g/mol. The maximum atomic E-state index is 13.4. The van der Waals surface area contributed by atoms with Crippen LogP contribution < -0.4 is 0 Å². The summed E-state index contributed by atoms with van der Waals surface area (Å²) in [7, 11) is 0. The van der Waals surface area contributed by atoms with Crippen LogP contribution in [0, 0.1) is 11.2 Å². The maximum Gasteiger partial charge on any atom is 0.125 e. The molecule has 108 valence electrons. The molecule has 1 aliphatic rings. The Morgan fingerprint density at radius 2 is 2.10 bits per heavy atom. The Bertz CT molecular complexity index is 614. The van der Waals surface area contributed by atoms with Crippen molar-refractivity contribution in [3.05, 3.63) is 29.8 Å². The van der Waals surface area contributed by atoms with Gasteiger partial charge in [0, 0.05) is 24.9 Å². The van der Waals surface area contributed by atoms with E-state index < -0.39 is 0 Å². The summed E-state index contributed by atoms with van der Waals surface area (Å²) in [4.78, 5) is 4.57. The van der Waals surface area contributed by atoms with Gasteiger partial charge in [0.25, 0.3) is 0 Å². The SMILES string of the molecule is CC1(Cn2c(CCCl)nc3cc(F)ccc32)CCCC1. The lowest BCUT2D eigenvalue weighted by molar-refractivity contribution is 0.282. The number of hydrogen-bond acceptors (Lipinski definition) is 1. The molecule has 0 atom stereocenters. The summed E-state index contributed by atoms with van der Waals surface area (Å²) in [5, 5.41) is 0. The Balaban J connectivity index is 2.04. The van der Waals surface area contributed by atoms with Crippen LogP contribution in [0.5, 0.6) is 0 Å². The maximum absolute atomic E-state index is 13.4. The van der Waals surface area contributed by atoms with Crippen molar-refractivity contribution in [1.82, 2.24) is 9.55 Å². The number of imidazole rings is 1. The molecule has 3 rings (SSSR count). The highest BCUT2D eigenvalue weighted by molar-refractivity contribution is 6.17. The average molecular weight is 295 g/mol. The van der Waals surface area contributed by atoms with Crippen LogP contribution in [-0.4, -0.2) is 15.4 Å². The van der Waals surface area contributed by atoms with Crippen molar-refractivity contribution >= 4 is 22.6 Å². The second kappa shape index (κ2) is 5.36. The lowest BCUT2D eigenvalue weighted by Crippen LogP contribution is -2.21. The molecule has 0 unspecified atom stereocenters. The van der Waals surface area contributed by atoms with Gasteiger partial charge in [-0.2, -0.15) is 0 Å². The summed E-state index contributed by atoms with van der Waals surface area (Å²) in [5.74, 6) is 1.29. The molecule has 4 heteroatoms. The van der Waals surface area contributed by atoms with Gasteiger partial charge in [0.2, 0.25) is 0 Å². The van der Waals surface area contributed by atoms with E-state index >= 15 is 0 Å². The molecule has 0 spiro atoms. The van der Waals surface area contributed by atoms with E-state index in [0.29, 0.717) is 11.3 Å². The van der Waals surface area contributed by atoms with Gasteiger partial charge in [-0.05, 0) is 30.4 Å². The van der Waals surface area contributed by atoms with Crippen LogP contribution in [0.2, 0.25) is 0 Å². The van der Waals surface area contributed by atoms with Crippen LogP contribution >= 0.6 is 11.6 Å². The highest BCUT2D eigenvalue weighted by Crippen LogP contribution is 2.40. The number of benzene rings is 1. The van der Waals surface area contributed by atoms with Crippen LogP contribution in [0.4, 0.5) is 4.39 Å². The Hall–Kier alpha value is -1.09. The summed E-state index contributed by atoms with van der Waals surface area (Å²) in [6.45, 7) is 3.31. The van der Waals surface area contributed by atoms with Crippen molar-refractivity contribution in [2.24, 2.45) is 5.41 Å². The molecule has 1 heterocycles. The van der Waals surface area contributed by atoms with Crippen molar-refractivity contribution in [3.63, 3.8) is 0 Å². The van der Waals surface area contributed by atoms with E-state index in [1.54, 1.807) is 0 Å². The number of alkyl halides is 1. The third-order valence-corrected chi connectivity index (χ3v) is 4.65. The summed E-state index contributed by atoms with van der Waals surface area (Å²) >= 11 is 5.89. The largest absolute Gasteiger partial charge is 0.327 e. The van der Waals surface area contributed by atoms with E-state index in [4.69, 9.17) is 11.6 Å². The molecule has 1 saturated carbocycles. The van der Waals surface area contributed by atoms with Gasteiger partial charge in [0.15, 0.2) is 0 Å². The molecule has 1 fully saturated rings. The van der Waals surface area contributed by atoms with Crippen LogP contribution in [0.3, 0.4) is 0 Å². The number of halogens is 2. The fourth-order valence-electron chi connectivity index (χ4n) is 3.37. The zero-order valence-corrected chi connectivity index (χ0v) is 12.6. The van der Waals surface area contributed by atoms with E-state index in [2.05, 4.69) is 16.5 Å². The van der Waals surface area contributed by atoms with E-state index in [-0.39, 0.29) is 5.82 Å². The third-order valence-electron chi connectivity index (χ3n) is 4.46. The summed E-state index contributed by atoms with van der Waals surface area (Å²) in [6.07, 6.45) is 5.86. The van der Waals surface area contributed by atoms with Crippen molar-refractivity contribution in [3.8, 4) is 0 Å². The van der Waals surface area contributed by atoms with Gasteiger partial charge in [-0.15, -0.1) is 11.6 Å². The van der Waals surface area contributed by atoms with Gasteiger partial charge in [-0.25, -0.2) is 9.37 Å². The molecule has 0 amide bonds. The Morgan fingerprint density at radius 1 is 1.35 bits per heavy atom. The van der Waals surface area contributed by atoms with Crippen molar-refractivity contribution in [2.75, 3.05) is 5.88 Å². The van der Waals surface area contributed by atoms with Gasteiger partial charge in [0.1, 0.15) is 11.6 Å². The third kappa shape index (κ3) is 2.56. The smallest absolute Gasteiger partial charge is 0.125 e. The van der Waals surface area contributed by atoms with Gasteiger partial charge >= 0.3 is 0 Å². The number of fused-ring (bicyclic) bond motifs is 1. The minimum atomic E-state index is -0.230. The molecule has 2 nitrogen and oxygen atoms in total. The number of hydrogen-bond donors (Lipinski definition) is 0. The first-order valence-electron chi connectivity index (χ1n) is 7.32. The second-order valence-corrected chi connectivity index (χ2v) is 6.58. The van der Waals surface area contributed by atoms with E-state index in [1.807, 2.05) is 6.07 Å². The molecule has 0 aliphatic heterocycles. The predicted molar refractivity (Wildman–Crippen MR) is 80.7 cm³/mol. The van der Waals surface area contributed by atoms with Crippen molar-refractivity contribution in [2.45, 2.75) is 45.6 Å². The molecule has 20 heavy (non-hydrogen) atoms. The Kier molecular flexibility index (Phi) is 3.72. The van der Waals surface area contributed by atoms with Crippen LogP contribution in [0.15, 0.2) is 18.2 Å². The zero-order valence-electron chi connectivity index (χ0n) is 11.8. The highest BCUT2D eigenvalue weighted by Gasteiger charge is 2.30. The second-order valence-electron chi connectivity index (χ2n) is 6.20. The highest BCUT2D eigenvalue weighted by atomic mass is 35.5. The average Bonchev–Trinajstić information content (AvgIpc) is 2.96. The molecule has 0 N–H and O–H groups in total. The van der Waals surface area contributed by atoms with Crippen LogP contribution in [-0.2, 0) is 13.0 Å². The van der Waals surface area contributed by atoms with E-state index in [1.165, 1.54) is 37.8 Å². The van der Waals surface area contributed by atoms with Gasteiger partial charge in [-0.1, -0.05) is 19.8 Å². The Labute approximate surface area is 123 Å². The number of aryl methyl sites for hydroxylation is 1. The first-order valence-corrected chi connectivity index (χ1v) is 7.85. The minimum absolute atomic E-state index is 0.230. The zero-order chi connectivity index (χ0) is 14.2. The quantitative estimate of drug-likeness (QED) is 0.757. The standard InChI is InChI=1S/C16H20ClFN2/c1-16(7-2-3-8-16)11-20-14-5-4-12(18)10-13(14)19-15(20)6-9-17/h4-5,10H,2-3,6-9,11H2,1H3. The number of aromatic nitrogens is 2. The summed E-state index contributed by atoms with van der Waals surface area (Å²) in [5.41, 5.74) is 2.11. The number of rotatable bonds is 4. The molecule has 0 radical (unpaired) electrons. The van der Waals surface area contributed by atoms with Gasteiger partial charge in [-0.3, -0.25) is 0 Å². The fourth-order valence-corrected chi connectivity index (χ4v) is 3.54. The lowest BCUT2D eigenvalue weighted by atomic mass is 9.88. The lowest BCUT2D eigenvalue weighted by Gasteiger charge is -2.25. The van der Waals surface area contributed by atoms with Crippen molar-refractivity contribution < 1.29 is 4.39 Å². The molecule has 0 saturated heterocycles. The first-order chi connectivity index (χ1) is 9.61. The monoisotopic (exact) mass is 294 g/mol. The molecule has 1 aliphatic carbocycles. The number of nitrogens with zero attached hydrogens (tertiary/aromatic N) is 2. The van der Waals surface area contributed by atoms with Gasteiger partial charge < -0.3 is 4.57 Å². The molecule has 1 aromatic carbocycles. The van der Waals surface area contributed by atoms with Crippen molar-refractivity contribution in [1.29, 1.82) is 0 Å². The molecule has 1 aromatic heterocycles. The summed E-state index contributed by atoms with van der Waals surface area (Å²) in [6, 6.07) is 4.87. The fraction of sp³-hybridized carbons (Fsp3) is 0.562. The molecule has 2 aromatic rings. The molecular formula is C16H20ClFN2.